The molecule has 0 spiro atoms. The molecule has 0 N–H and O–H groups in total. The third-order valence-electron chi connectivity index (χ3n) is 5.29. The molecule has 0 unspecified atom stereocenters. The third kappa shape index (κ3) is 4.07. The fourth-order valence-electron chi connectivity index (χ4n) is 3.58. The molecule has 1 aromatic heterocycles. The lowest BCUT2D eigenvalue weighted by molar-refractivity contribution is 0.0745. The molecular formula is C23H21FN4O4. The van der Waals surface area contributed by atoms with Gasteiger partial charge in [-0.3, -0.25) is 4.79 Å². The number of oxazole rings is 1. The maximum absolute atomic E-state index is 13.2. The molecule has 0 radical (unpaired) electrons. The Bertz CT molecular complexity index is 1160. The maximum Gasteiger partial charge on any atom is 0.254 e. The van der Waals surface area contributed by atoms with Crippen LogP contribution in [-0.4, -0.2) is 56.2 Å². The largest absolute Gasteiger partial charge is 0.493 e. The van der Waals surface area contributed by atoms with E-state index >= 15 is 0 Å². The first-order valence-corrected chi connectivity index (χ1v) is 9.97. The monoisotopic (exact) mass is 436 g/mol. The van der Waals surface area contributed by atoms with Gasteiger partial charge in [-0.25, -0.2) is 4.39 Å². The number of carbonyl (C=O) groups excluding carboxylic acids is 1. The Labute approximate surface area is 184 Å². The van der Waals surface area contributed by atoms with Crippen molar-refractivity contribution in [3.05, 3.63) is 59.5 Å². The molecule has 1 aliphatic rings. The van der Waals surface area contributed by atoms with Gasteiger partial charge >= 0.3 is 0 Å². The van der Waals surface area contributed by atoms with Gasteiger partial charge < -0.3 is 23.7 Å². The Hall–Kier alpha value is -4.06. The SMILES string of the molecule is COc1ccc(C(=O)N2CCN(c3oc(-c4ccc(F)cc4)nc3C#N)CC2)cc1OC. The minimum atomic E-state index is -0.365. The predicted octanol–water partition coefficient (Wildman–Crippen LogP) is 3.33. The number of benzene rings is 2. The molecule has 3 aromatic rings. The number of nitriles is 1. The molecule has 8 nitrogen and oxygen atoms in total. The Kier molecular flexibility index (Phi) is 5.94. The summed E-state index contributed by atoms with van der Waals surface area (Å²) < 4.78 is 29.5. The lowest BCUT2D eigenvalue weighted by Crippen LogP contribution is -2.48. The minimum Gasteiger partial charge on any atom is -0.493 e. The van der Waals surface area contributed by atoms with Crippen molar-refractivity contribution in [2.24, 2.45) is 0 Å². The predicted molar refractivity (Wildman–Crippen MR) is 114 cm³/mol. The molecule has 1 aliphatic heterocycles. The van der Waals surface area contributed by atoms with Gasteiger partial charge in [0.05, 0.1) is 14.2 Å². The van der Waals surface area contributed by atoms with Crippen molar-refractivity contribution >= 4 is 11.8 Å². The van der Waals surface area contributed by atoms with E-state index < -0.39 is 0 Å². The van der Waals surface area contributed by atoms with E-state index in [1.54, 1.807) is 42.3 Å². The summed E-state index contributed by atoms with van der Waals surface area (Å²) in [7, 11) is 3.06. The smallest absolute Gasteiger partial charge is 0.254 e. The van der Waals surface area contributed by atoms with Gasteiger partial charge in [-0.2, -0.15) is 10.2 Å². The van der Waals surface area contributed by atoms with Crippen LogP contribution in [0.2, 0.25) is 0 Å². The fourth-order valence-corrected chi connectivity index (χ4v) is 3.58. The van der Waals surface area contributed by atoms with Crippen LogP contribution in [0.1, 0.15) is 16.1 Å². The number of aromatic nitrogens is 1. The number of piperazine rings is 1. The molecule has 4 rings (SSSR count). The van der Waals surface area contributed by atoms with Gasteiger partial charge in [0.2, 0.25) is 17.5 Å². The highest BCUT2D eigenvalue weighted by molar-refractivity contribution is 5.95. The van der Waals surface area contributed by atoms with Crippen LogP contribution in [0.3, 0.4) is 0 Å². The number of carbonyl (C=O) groups is 1. The summed E-state index contributed by atoms with van der Waals surface area (Å²) in [4.78, 5) is 20.8. The third-order valence-corrected chi connectivity index (χ3v) is 5.29. The lowest BCUT2D eigenvalue weighted by Gasteiger charge is -2.34. The number of anilines is 1. The lowest BCUT2D eigenvalue weighted by atomic mass is 10.1. The Morgan fingerprint density at radius 2 is 1.75 bits per heavy atom. The van der Waals surface area contributed by atoms with Crippen LogP contribution >= 0.6 is 0 Å². The van der Waals surface area contributed by atoms with Gasteiger partial charge in [0.25, 0.3) is 5.91 Å². The Morgan fingerprint density at radius 1 is 1.06 bits per heavy atom. The number of amides is 1. The highest BCUT2D eigenvalue weighted by Gasteiger charge is 2.27. The van der Waals surface area contributed by atoms with Gasteiger partial charge in [0, 0.05) is 37.3 Å². The van der Waals surface area contributed by atoms with E-state index in [9.17, 15) is 14.4 Å². The van der Waals surface area contributed by atoms with Crippen LogP contribution in [0.5, 0.6) is 11.5 Å². The molecule has 2 heterocycles. The molecule has 0 bridgehead atoms. The van der Waals surface area contributed by atoms with Crippen molar-refractivity contribution in [1.82, 2.24) is 9.88 Å². The summed E-state index contributed by atoms with van der Waals surface area (Å²) in [6.07, 6.45) is 0. The van der Waals surface area contributed by atoms with Crippen LogP contribution in [0.25, 0.3) is 11.5 Å². The zero-order chi connectivity index (χ0) is 22.7. The normalized spacial score (nSPS) is 13.6. The first kappa shape index (κ1) is 21.2. The van der Waals surface area contributed by atoms with Crippen molar-refractivity contribution in [2.75, 3.05) is 45.3 Å². The van der Waals surface area contributed by atoms with E-state index in [2.05, 4.69) is 11.1 Å². The van der Waals surface area contributed by atoms with E-state index in [1.807, 2.05) is 4.90 Å². The summed E-state index contributed by atoms with van der Waals surface area (Å²) in [6, 6.07) is 12.8. The second-order valence-electron chi connectivity index (χ2n) is 7.14. The molecule has 164 valence electrons. The standard InChI is InChI=1S/C23H21FN4O4/c1-30-19-8-5-16(13-20(19)31-2)22(29)27-9-11-28(12-10-27)23-18(14-25)26-21(32-23)15-3-6-17(24)7-4-15/h3-8,13H,9-12H2,1-2H3. The average Bonchev–Trinajstić information content (AvgIpc) is 3.28. The molecule has 2 aromatic carbocycles. The summed E-state index contributed by atoms with van der Waals surface area (Å²) in [5.41, 5.74) is 1.24. The van der Waals surface area contributed by atoms with Crippen LogP contribution in [0, 0.1) is 17.1 Å². The van der Waals surface area contributed by atoms with Crippen molar-refractivity contribution < 1.29 is 23.1 Å². The second kappa shape index (κ2) is 8.98. The highest BCUT2D eigenvalue weighted by Crippen LogP contribution is 2.30. The first-order chi connectivity index (χ1) is 15.5. The van der Waals surface area contributed by atoms with Gasteiger partial charge in [-0.1, -0.05) is 0 Å². The van der Waals surface area contributed by atoms with E-state index in [1.165, 1.54) is 19.2 Å². The fraction of sp³-hybridized carbons (Fsp3) is 0.261. The average molecular weight is 436 g/mol. The van der Waals surface area contributed by atoms with Gasteiger partial charge in [0.1, 0.15) is 11.9 Å². The number of rotatable bonds is 5. The van der Waals surface area contributed by atoms with Crippen molar-refractivity contribution in [3.63, 3.8) is 0 Å². The first-order valence-electron chi connectivity index (χ1n) is 9.97. The van der Waals surface area contributed by atoms with Gasteiger partial charge in [-0.15, -0.1) is 0 Å². The van der Waals surface area contributed by atoms with Gasteiger partial charge in [0.15, 0.2) is 11.5 Å². The number of hydrogen-bond acceptors (Lipinski definition) is 7. The minimum absolute atomic E-state index is 0.115. The van der Waals surface area contributed by atoms with Crippen LogP contribution in [-0.2, 0) is 0 Å². The highest BCUT2D eigenvalue weighted by atomic mass is 19.1. The molecule has 1 fully saturated rings. The summed E-state index contributed by atoms with van der Waals surface area (Å²) >= 11 is 0. The van der Waals surface area contributed by atoms with Gasteiger partial charge in [-0.05, 0) is 42.5 Å². The van der Waals surface area contributed by atoms with E-state index in [0.717, 1.165) is 0 Å². The quantitative estimate of drug-likeness (QED) is 0.606. The van der Waals surface area contributed by atoms with Crippen molar-refractivity contribution in [2.45, 2.75) is 0 Å². The van der Waals surface area contributed by atoms with E-state index in [0.29, 0.717) is 54.7 Å². The molecule has 0 saturated carbocycles. The Morgan fingerprint density at radius 3 is 2.38 bits per heavy atom. The maximum atomic E-state index is 13.2. The molecular weight excluding hydrogens is 415 g/mol. The van der Waals surface area contributed by atoms with Crippen LogP contribution < -0.4 is 14.4 Å². The number of hydrogen-bond donors (Lipinski definition) is 0. The molecule has 0 aliphatic carbocycles. The van der Waals surface area contributed by atoms with Crippen molar-refractivity contribution in [3.8, 4) is 29.0 Å². The molecule has 32 heavy (non-hydrogen) atoms. The molecule has 0 atom stereocenters. The second-order valence-corrected chi connectivity index (χ2v) is 7.14. The summed E-state index contributed by atoms with van der Waals surface area (Å²) in [5.74, 6) is 1.17. The zero-order valence-corrected chi connectivity index (χ0v) is 17.7. The number of ether oxygens (including phenoxy) is 2. The molecule has 1 amide bonds. The summed E-state index contributed by atoms with van der Waals surface area (Å²) in [5, 5.41) is 9.49. The number of nitrogens with zero attached hydrogens (tertiary/aromatic N) is 4. The van der Waals surface area contributed by atoms with Crippen molar-refractivity contribution in [1.29, 1.82) is 5.26 Å². The zero-order valence-electron chi connectivity index (χ0n) is 17.7. The molecule has 1 saturated heterocycles. The van der Waals surface area contributed by atoms with E-state index in [-0.39, 0.29) is 23.3 Å². The summed E-state index contributed by atoms with van der Waals surface area (Å²) in [6.45, 7) is 1.85. The van der Waals surface area contributed by atoms with E-state index in [4.69, 9.17) is 13.9 Å². The van der Waals surface area contributed by atoms with Crippen LogP contribution in [0.4, 0.5) is 10.3 Å². The van der Waals surface area contributed by atoms with Crippen LogP contribution in [0.15, 0.2) is 46.9 Å². The number of halogens is 1. The number of methoxy groups -OCH3 is 2. The molecule has 9 heteroatoms. The topological polar surface area (TPSA) is 91.8 Å². The Balaban J connectivity index is 1.47.